The Morgan fingerprint density at radius 1 is 1.41 bits per heavy atom. The normalized spacial score (nSPS) is 25.4. The number of aromatic nitrogens is 2. The predicted octanol–water partition coefficient (Wildman–Crippen LogP) is 1.98. The Kier molecular flexibility index (Phi) is 4.05. The molecule has 1 saturated carbocycles. The molecule has 4 nitrogen and oxygen atoms in total. The number of nitrogens with two attached hydrogens (primary N) is 1. The average molecular weight is 236 g/mol. The van der Waals surface area contributed by atoms with Crippen molar-refractivity contribution in [3.63, 3.8) is 0 Å². The van der Waals surface area contributed by atoms with Gasteiger partial charge in [-0.15, -0.1) is 0 Å². The first-order valence-corrected chi connectivity index (χ1v) is 6.64. The van der Waals surface area contributed by atoms with E-state index in [1.807, 2.05) is 16.9 Å². The van der Waals surface area contributed by atoms with Crippen LogP contribution in [-0.4, -0.2) is 34.3 Å². The topological polar surface area (TPSA) is 47.1 Å². The van der Waals surface area contributed by atoms with Gasteiger partial charge in [0, 0.05) is 18.8 Å². The molecule has 1 aromatic rings. The molecule has 0 unspecified atom stereocenters. The lowest BCUT2D eigenvalue weighted by molar-refractivity contribution is 0.164. The molecule has 0 aliphatic heterocycles. The first kappa shape index (κ1) is 12.4. The maximum atomic E-state index is 5.60. The van der Waals surface area contributed by atoms with E-state index in [4.69, 9.17) is 5.73 Å². The highest BCUT2D eigenvalue weighted by molar-refractivity contribution is 5.23. The number of rotatable bonds is 4. The van der Waals surface area contributed by atoms with Crippen molar-refractivity contribution in [2.75, 3.05) is 19.3 Å². The minimum atomic E-state index is 0.610. The van der Waals surface area contributed by atoms with Crippen LogP contribution in [0.15, 0.2) is 12.3 Å². The highest BCUT2D eigenvalue weighted by Gasteiger charge is 2.21. The first-order chi connectivity index (χ1) is 8.15. The minimum absolute atomic E-state index is 0.610. The summed E-state index contributed by atoms with van der Waals surface area (Å²) in [5.74, 6) is 1.53. The maximum Gasteiger partial charge on any atom is 0.145 e. The lowest BCUT2D eigenvalue weighted by Gasteiger charge is -2.33. The predicted molar refractivity (Wildman–Crippen MR) is 70.7 cm³/mol. The molecule has 0 radical (unpaired) electrons. The fraction of sp³-hybridized carbons (Fsp3) is 0.769. The molecule has 96 valence electrons. The lowest BCUT2D eigenvalue weighted by atomic mass is 9.87. The smallest absolute Gasteiger partial charge is 0.145 e. The molecule has 0 saturated heterocycles. The third-order valence-electron chi connectivity index (χ3n) is 3.95. The molecular weight excluding hydrogens is 212 g/mol. The lowest BCUT2D eigenvalue weighted by Crippen LogP contribution is -2.36. The molecule has 1 aromatic heterocycles. The van der Waals surface area contributed by atoms with Gasteiger partial charge in [0.1, 0.15) is 5.82 Å². The molecule has 1 aliphatic carbocycles. The van der Waals surface area contributed by atoms with Crippen molar-refractivity contribution in [2.45, 2.75) is 45.2 Å². The van der Waals surface area contributed by atoms with Gasteiger partial charge in [0.25, 0.3) is 0 Å². The van der Waals surface area contributed by atoms with Gasteiger partial charge in [-0.2, -0.15) is 5.10 Å². The van der Waals surface area contributed by atoms with Gasteiger partial charge < -0.3 is 10.6 Å². The zero-order valence-electron chi connectivity index (χ0n) is 11.0. The van der Waals surface area contributed by atoms with Crippen LogP contribution in [0.5, 0.6) is 0 Å². The Hall–Kier alpha value is -1.03. The van der Waals surface area contributed by atoms with E-state index >= 15 is 0 Å². The number of anilines is 1. The van der Waals surface area contributed by atoms with Crippen molar-refractivity contribution >= 4 is 5.82 Å². The summed E-state index contributed by atoms with van der Waals surface area (Å²) in [7, 11) is 2.23. The third-order valence-corrected chi connectivity index (χ3v) is 3.95. The van der Waals surface area contributed by atoms with Crippen molar-refractivity contribution in [3.05, 3.63) is 12.3 Å². The van der Waals surface area contributed by atoms with Crippen molar-refractivity contribution in [2.24, 2.45) is 5.92 Å². The van der Waals surface area contributed by atoms with Gasteiger partial charge in [-0.25, -0.2) is 0 Å². The first-order valence-electron chi connectivity index (χ1n) is 6.64. The van der Waals surface area contributed by atoms with E-state index < -0.39 is 0 Å². The largest absolute Gasteiger partial charge is 0.382 e. The fourth-order valence-corrected chi connectivity index (χ4v) is 2.63. The van der Waals surface area contributed by atoms with Gasteiger partial charge >= 0.3 is 0 Å². The van der Waals surface area contributed by atoms with Crippen LogP contribution in [0.2, 0.25) is 0 Å². The Labute approximate surface area is 104 Å². The van der Waals surface area contributed by atoms with Crippen LogP contribution < -0.4 is 5.73 Å². The van der Waals surface area contributed by atoms with Crippen LogP contribution in [0.3, 0.4) is 0 Å². The summed E-state index contributed by atoms with van der Waals surface area (Å²) in [4.78, 5) is 2.48. The van der Waals surface area contributed by atoms with Crippen molar-refractivity contribution < 1.29 is 0 Å². The number of nitrogen functional groups attached to an aromatic ring is 1. The molecule has 1 aliphatic rings. The number of hydrogen-bond acceptors (Lipinski definition) is 3. The molecule has 0 spiro atoms. The number of nitrogens with zero attached hydrogens (tertiary/aromatic N) is 3. The molecule has 2 N–H and O–H groups in total. The van der Waals surface area contributed by atoms with E-state index in [2.05, 4.69) is 24.0 Å². The van der Waals surface area contributed by atoms with Gasteiger partial charge in [0.05, 0.1) is 6.54 Å². The van der Waals surface area contributed by atoms with Crippen LogP contribution in [0, 0.1) is 5.92 Å². The Bertz CT molecular complexity index is 339. The second-order valence-corrected chi connectivity index (χ2v) is 5.40. The second kappa shape index (κ2) is 5.54. The SMILES string of the molecule is CC1CCC(N(C)CCn2ccc(N)n2)CC1. The molecule has 2 rings (SSSR count). The van der Waals surface area contributed by atoms with Crippen LogP contribution in [0.25, 0.3) is 0 Å². The van der Waals surface area contributed by atoms with Crippen LogP contribution >= 0.6 is 0 Å². The molecule has 0 bridgehead atoms. The quantitative estimate of drug-likeness (QED) is 0.869. The summed E-state index contributed by atoms with van der Waals surface area (Å²) in [6.45, 7) is 4.35. The fourth-order valence-electron chi connectivity index (χ4n) is 2.63. The summed E-state index contributed by atoms with van der Waals surface area (Å²) in [5.41, 5.74) is 5.60. The maximum absolute atomic E-state index is 5.60. The van der Waals surface area contributed by atoms with Crippen LogP contribution in [-0.2, 0) is 6.54 Å². The Morgan fingerprint density at radius 3 is 2.71 bits per heavy atom. The zero-order valence-corrected chi connectivity index (χ0v) is 11.0. The summed E-state index contributed by atoms with van der Waals surface area (Å²) < 4.78 is 1.93. The molecule has 0 aromatic carbocycles. The van der Waals surface area contributed by atoms with Gasteiger partial charge in [0.15, 0.2) is 0 Å². The molecule has 0 atom stereocenters. The van der Waals surface area contributed by atoms with Crippen molar-refractivity contribution in [3.8, 4) is 0 Å². The summed E-state index contributed by atoms with van der Waals surface area (Å²) >= 11 is 0. The summed E-state index contributed by atoms with van der Waals surface area (Å²) in [5, 5.41) is 4.21. The molecule has 17 heavy (non-hydrogen) atoms. The van der Waals surface area contributed by atoms with E-state index in [9.17, 15) is 0 Å². The van der Waals surface area contributed by atoms with Crippen molar-refractivity contribution in [1.82, 2.24) is 14.7 Å². The van der Waals surface area contributed by atoms with E-state index in [1.54, 1.807) is 0 Å². The van der Waals surface area contributed by atoms with E-state index in [0.29, 0.717) is 5.82 Å². The monoisotopic (exact) mass is 236 g/mol. The van der Waals surface area contributed by atoms with Crippen LogP contribution in [0.4, 0.5) is 5.82 Å². The highest BCUT2D eigenvalue weighted by atomic mass is 15.3. The molecule has 1 fully saturated rings. The summed E-state index contributed by atoms with van der Waals surface area (Å²) in [6.07, 6.45) is 7.40. The highest BCUT2D eigenvalue weighted by Crippen LogP contribution is 2.26. The second-order valence-electron chi connectivity index (χ2n) is 5.40. The van der Waals surface area contributed by atoms with E-state index in [1.165, 1.54) is 25.7 Å². The average Bonchev–Trinajstić information content (AvgIpc) is 2.73. The molecule has 1 heterocycles. The van der Waals surface area contributed by atoms with Gasteiger partial charge in [0.2, 0.25) is 0 Å². The standard InChI is InChI=1S/C13H24N4/c1-11-3-5-12(6-4-11)16(2)9-10-17-8-7-13(14)15-17/h7-8,11-12H,3-6,9-10H2,1-2H3,(H2,14,15). The van der Waals surface area contributed by atoms with Gasteiger partial charge in [-0.05, 0) is 44.7 Å². The van der Waals surface area contributed by atoms with E-state index in [-0.39, 0.29) is 0 Å². The zero-order chi connectivity index (χ0) is 12.3. The number of hydrogen-bond donors (Lipinski definition) is 1. The summed E-state index contributed by atoms with van der Waals surface area (Å²) in [6, 6.07) is 2.61. The third kappa shape index (κ3) is 3.46. The van der Waals surface area contributed by atoms with Crippen LogP contribution in [0.1, 0.15) is 32.6 Å². The molecular formula is C13H24N4. The van der Waals surface area contributed by atoms with Crippen molar-refractivity contribution in [1.29, 1.82) is 0 Å². The van der Waals surface area contributed by atoms with Gasteiger partial charge in [-0.1, -0.05) is 6.92 Å². The molecule has 4 heteroatoms. The Balaban J connectivity index is 1.75. The van der Waals surface area contributed by atoms with E-state index in [0.717, 1.165) is 25.0 Å². The molecule has 0 amide bonds. The van der Waals surface area contributed by atoms with Gasteiger partial charge in [-0.3, -0.25) is 4.68 Å². The Morgan fingerprint density at radius 2 is 2.12 bits per heavy atom. The minimum Gasteiger partial charge on any atom is -0.382 e. The number of likely N-dealkylation sites (N-methyl/N-ethyl adjacent to an activating group) is 1.